The van der Waals surface area contributed by atoms with Gasteiger partial charge in [-0.25, -0.2) is 0 Å². The van der Waals surface area contributed by atoms with E-state index in [0.717, 1.165) is 13.0 Å². The average Bonchev–Trinajstić information content (AvgIpc) is 2.22. The van der Waals surface area contributed by atoms with Gasteiger partial charge in [-0.2, -0.15) is 0 Å². The van der Waals surface area contributed by atoms with Gasteiger partial charge in [-0.1, -0.05) is 65.5 Å². The van der Waals surface area contributed by atoms with Crippen LogP contribution in [0.15, 0.2) is 12.7 Å². The maximum absolute atomic E-state index is 12.2. The number of amides is 1. The highest BCUT2D eigenvalue weighted by Gasteiger charge is 2.29. The highest BCUT2D eigenvalue weighted by Crippen LogP contribution is 2.13. The lowest BCUT2D eigenvalue weighted by Gasteiger charge is -2.37. The summed E-state index contributed by atoms with van der Waals surface area (Å²) >= 11 is 0. The van der Waals surface area contributed by atoms with Crippen LogP contribution in [-0.4, -0.2) is 47.9 Å². The third-order valence-electron chi connectivity index (χ3n) is 3.11. The average molecular weight is 360 g/mol. The van der Waals surface area contributed by atoms with Crippen molar-refractivity contribution in [1.29, 1.82) is 0 Å². The van der Waals surface area contributed by atoms with Crippen molar-refractivity contribution in [2.75, 3.05) is 6.54 Å². The molecule has 0 saturated heterocycles. The molecule has 0 heterocycles. The van der Waals surface area contributed by atoms with Crippen molar-refractivity contribution < 1.29 is 4.79 Å². The molecule has 0 radical (unpaired) electrons. The van der Waals surface area contributed by atoms with Gasteiger partial charge in [0.1, 0.15) is 16.5 Å². The van der Waals surface area contributed by atoms with Crippen LogP contribution in [0.3, 0.4) is 0 Å². The molecule has 0 rings (SSSR count). The minimum atomic E-state index is -1.68. The second kappa shape index (κ2) is 8.05. The van der Waals surface area contributed by atoms with Crippen LogP contribution in [0.5, 0.6) is 0 Å². The summed E-state index contributed by atoms with van der Waals surface area (Å²) < 4.78 is 2.05. The zero-order valence-electron chi connectivity index (χ0n) is 16.1. The molecule has 0 aromatic carbocycles. The summed E-state index contributed by atoms with van der Waals surface area (Å²) in [6, 6.07) is 0. The van der Waals surface area contributed by atoms with E-state index in [4.69, 9.17) is 0 Å². The summed E-state index contributed by atoms with van der Waals surface area (Å²) in [4.78, 5) is 19.7. The molecule has 0 spiro atoms. The van der Waals surface area contributed by atoms with E-state index in [0.29, 0.717) is 0 Å². The standard InChI is InChI=1S/C15H37N3OSi3/c1-11-15(19)18(22(8,9)10)13-12-14(16-20(2,3)4)17-21(5,6)7/h11,14,16-17H,1,12-13H2,2-10H3. The quantitative estimate of drug-likeness (QED) is 0.377. The number of rotatable bonds is 9. The highest BCUT2D eigenvalue weighted by atomic mass is 28.3. The van der Waals surface area contributed by atoms with E-state index in [-0.39, 0.29) is 12.1 Å². The van der Waals surface area contributed by atoms with Crippen molar-refractivity contribution in [3.63, 3.8) is 0 Å². The summed E-state index contributed by atoms with van der Waals surface area (Å²) in [5.74, 6) is 0.0684. The fourth-order valence-electron chi connectivity index (χ4n) is 2.37. The highest BCUT2D eigenvalue weighted by molar-refractivity contribution is 6.76. The molecule has 0 aliphatic carbocycles. The lowest BCUT2D eigenvalue weighted by atomic mass is 10.3. The van der Waals surface area contributed by atoms with E-state index >= 15 is 0 Å². The van der Waals surface area contributed by atoms with Gasteiger partial charge in [0, 0.05) is 12.7 Å². The van der Waals surface area contributed by atoms with Crippen LogP contribution in [0.1, 0.15) is 6.42 Å². The van der Waals surface area contributed by atoms with Crippen molar-refractivity contribution in [3.05, 3.63) is 12.7 Å². The summed E-state index contributed by atoms with van der Waals surface area (Å²) in [6.45, 7) is 25.0. The van der Waals surface area contributed by atoms with Crippen LogP contribution in [0.2, 0.25) is 58.9 Å². The van der Waals surface area contributed by atoms with E-state index in [9.17, 15) is 4.79 Å². The maximum atomic E-state index is 12.2. The van der Waals surface area contributed by atoms with Crippen LogP contribution in [0.4, 0.5) is 0 Å². The zero-order chi connectivity index (χ0) is 17.8. The van der Waals surface area contributed by atoms with Gasteiger partial charge in [-0.05, 0) is 12.5 Å². The molecule has 0 bridgehead atoms. The molecule has 22 heavy (non-hydrogen) atoms. The summed E-state index contributed by atoms with van der Waals surface area (Å²) in [5.41, 5.74) is 0. The SMILES string of the molecule is C=CC(=O)N(CCC(N[Si](C)(C)C)N[Si](C)(C)C)[Si](C)(C)C. The molecule has 7 heteroatoms. The molecule has 130 valence electrons. The Morgan fingerprint density at radius 3 is 1.68 bits per heavy atom. The molecule has 4 nitrogen and oxygen atoms in total. The molecular formula is C15H37N3OSi3. The molecule has 0 fully saturated rings. The van der Waals surface area contributed by atoms with Crippen molar-refractivity contribution in [1.82, 2.24) is 14.5 Å². The first-order valence-electron chi connectivity index (χ1n) is 8.15. The molecule has 1 amide bonds. The Labute approximate surface area is 141 Å². The first-order valence-corrected chi connectivity index (χ1v) is 18.6. The number of nitrogens with zero attached hydrogens (tertiary/aromatic N) is 1. The summed E-state index contributed by atoms with van der Waals surface area (Å²) in [5, 5.41) is 0. The third-order valence-corrected chi connectivity index (χ3v) is 7.60. The fourth-order valence-corrected chi connectivity index (χ4v) is 6.59. The zero-order valence-corrected chi connectivity index (χ0v) is 19.1. The topological polar surface area (TPSA) is 44.4 Å². The van der Waals surface area contributed by atoms with Gasteiger partial charge in [-0.3, -0.25) is 4.79 Å². The Bertz CT molecular complexity index is 365. The number of carbonyl (C=O) groups excluding carboxylic acids is 1. The Balaban J connectivity index is 4.98. The Morgan fingerprint density at radius 2 is 1.41 bits per heavy atom. The van der Waals surface area contributed by atoms with Crippen molar-refractivity contribution in [2.24, 2.45) is 0 Å². The third kappa shape index (κ3) is 9.73. The first kappa shape index (κ1) is 21.8. The number of carbonyl (C=O) groups is 1. The van der Waals surface area contributed by atoms with Crippen LogP contribution in [-0.2, 0) is 4.79 Å². The first-order chi connectivity index (χ1) is 9.65. The van der Waals surface area contributed by atoms with Crippen LogP contribution in [0, 0.1) is 0 Å². The minimum Gasteiger partial charge on any atom is -0.366 e. The molecule has 2 N–H and O–H groups in total. The Hall–Kier alpha value is -0.219. The summed E-state index contributed by atoms with van der Waals surface area (Å²) in [7, 11) is -4.43. The molecule has 0 saturated carbocycles. The normalized spacial score (nSPS) is 13.4. The van der Waals surface area contributed by atoms with Gasteiger partial charge in [-0.15, -0.1) is 0 Å². The predicted octanol–water partition coefficient (Wildman–Crippen LogP) is 3.40. The number of hydrogen-bond donors (Lipinski definition) is 2. The Morgan fingerprint density at radius 1 is 1.00 bits per heavy atom. The molecule has 0 aromatic heterocycles. The van der Waals surface area contributed by atoms with Crippen molar-refractivity contribution in [2.45, 2.75) is 71.5 Å². The number of hydrogen-bond acceptors (Lipinski definition) is 3. The largest absolute Gasteiger partial charge is 0.366 e. The molecule has 0 aliphatic heterocycles. The second-order valence-corrected chi connectivity index (χ2v) is 23.5. The van der Waals surface area contributed by atoms with Gasteiger partial charge in [0.2, 0.25) is 5.91 Å². The predicted molar refractivity (Wildman–Crippen MR) is 107 cm³/mol. The van der Waals surface area contributed by atoms with Gasteiger partial charge in [0.05, 0.1) is 0 Å². The Kier molecular flexibility index (Phi) is 7.97. The lowest BCUT2D eigenvalue weighted by Crippen LogP contribution is -2.61. The van der Waals surface area contributed by atoms with E-state index in [2.05, 4.69) is 75.5 Å². The van der Waals surface area contributed by atoms with Gasteiger partial charge >= 0.3 is 0 Å². The van der Waals surface area contributed by atoms with Crippen molar-refractivity contribution >= 4 is 30.6 Å². The molecule has 0 aliphatic rings. The van der Waals surface area contributed by atoms with E-state index in [1.807, 2.05) is 4.57 Å². The van der Waals surface area contributed by atoms with Gasteiger partial charge < -0.3 is 14.5 Å². The van der Waals surface area contributed by atoms with Gasteiger partial charge in [0.25, 0.3) is 0 Å². The lowest BCUT2D eigenvalue weighted by molar-refractivity contribution is -0.122. The van der Waals surface area contributed by atoms with Gasteiger partial charge in [0.15, 0.2) is 8.24 Å². The molecular weight excluding hydrogens is 322 g/mol. The monoisotopic (exact) mass is 359 g/mol. The molecule has 0 atom stereocenters. The number of nitrogens with one attached hydrogen (secondary N) is 2. The van der Waals surface area contributed by atoms with Crippen LogP contribution < -0.4 is 9.96 Å². The van der Waals surface area contributed by atoms with E-state index in [1.165, 1.54) is 6.08 Å². The second-order valence-electron chi connectivity index (χ2n) is 8.99. The fraction of sp³-hybridized carbons (Fsp3) is 0.800. The van der Waals surface area contributed by atoms with E-state index < -0.39 is 24.7 Å². The van der Waals surface area contributed by atoms with Crippen LogP contribution in [0.25, 0.3) is 0 Å². The summed E-state index contributed by atoms with van der Waals surface area (Å²) in [6.07, 6.45) is 2.68. The molecule has 0 unspecified atom stereocenters. The smallest absolute Gasteiger partial charge is 0.238 e. The maximum Gasteiger partial charge on any atom is 0.238 e. The minimum absolute atomic E-state index is 0.0684. The van der Waals surface area contributed by atoms with Crippen LogP contribution >= 0.6 is 0 Å². The molecule has 0 aromatic rings. The van der Waals surface area contributed by atoms with Crippen molar-refractivity contribution in [3.8, 4) is 0 Å². The van der Waals surface area contributed by atoms with E-state index in [1.54, 1.807) is 0 Å².